The van der Waals surface area contributed by atoms with Crippen molar-refractivity contribution in [2.75, 3.05) is 13.1 Å². The van der Waals surface area contributed by atoms with Gasteiger partial charge < -0.3 is 10.3 Å². The van der Waals surface area contributed by atoms with Gasteiger partial charge in [-0.05, 0) is 50.9 Å². The Labute approximate surface area is 121 Å². The average molecular weight is 271 g/mol. The molecule has 0 amide bonds. The molecule has 2 aromatic rings. The molecule has 2 N–H and O–H groups in total. The third kappa shape index (κ3) is 2.36. The van der Waals surface area contributed by atoms with Crippen LogP contribution in [0.15, 0.2) is 24.4 Å². The van der Waals surface area contributed by atoms with Crippen molar-refractivity contribution < 1.29 is 0 Å². The van der Waals surface area contributed by atoms with Gasteiger partial charge in [0.25, 0.3) is 0 Å². The Morgan fingerprint density at radius 3 is 2.55 bits per heavy atom. The third-order valence-electron chi connectivity index (χ3n) is 4.39. The SMILES string of the molecule is CC(C)n1cc(CN2CCCC2)c2cccc(CN)c21. The van der Waals surface area contributed by atoms with Gasteiger partial charge in [-0.2, -0.15) is 0 Å². The molecule has 0 spiro atoms. The number of para-hydroxylation sites is 1. The van der Waals surface area contributed by atoms with E-state index in [1.54, 1.807) is 0 Å². The van der Waals surface area contributed by atoms with E-state index in [-0.39, 0.29) is 0 Å². The Balaban J connectivity index is 2.07. The van der Waals surface area contributed by atoms with Crippen LogP contribution in [-0.2, 0) is 13.1 Å². The second kappa shape index (κ2) is 5.58. The molecule has 3 rings (SSSR count). The molecule has 108 valence electrons. The van der Waals surface area contributed by atoms with Gasteiger partial charge in [0.15, 0.2) is 0 Å². The smallest absolute Gasteiger partial charge is 0.0531 e. The van der Waals surface area contributed by atoms with Crippen molar-refractivity contribution in [3.63, 3.8) is 0 Å². The van der Waals surface area contributed by atoms with E-state index < -0.39 is 0 Å². The number of likely N-dealkylation sites (tertiary alicyclic amines) is 1. The molecule has 1 aliphatic heterocycles. The van der Waals surface area contributed by atoms with E-state index >= 15 is 0 Å². The van der Waals surface area contributed by atoms with E-state index in [1.165, 1.54) is 48.0 Å². The second-order valence-corrected chi connectivity index (χ2v) is 6.16. The molecular weight excluding hydrogens is 246 g/mol. The van der Waals surface area contributed by atoms with Crippen LogP contribution < -0.4 is 5.73 Å². The van der Waals surface area contributed by atoms with Gasteiger partial charge in [0, 0.05) is 30.7 Å². The first-order chi connectivity index (χ1) is 9.70. The van der Waals surface area contributed by atoms with Crippen LogP contribution in [0.4, 0.5) is 0 Å². The summed E-state index contributed by atoms with van der Waals surface area (Å²) >= 11 is 0. The van der Waals surface area contributed by atoms with E-state index in [0.29, 0.717) is 12.6 Å². The highest BCUT2D eigenvalue weighted by molar-refractivity contribution is 5.87. The van der Waals surface area contributed by atoms with E-state index in [9.17, 15) is 0 Å². The van der Waals surface area contributed by atoms with Crippen LogP contribution in [0.25, 0.3) is 10.9 Å². The maximum absolute atomic E-state index is 5.93. The minimum absolute atomic E-state index is 0.470. The minimum atomic E-state index is 0.470. The molecule has 1 aliphatic rings. The summed E-state index contributed by atoms with van der Waals surface area (Å²) in [6.45, 7) is 8.65. The quantitative estimate of drug-likeness (QED) is 0.926. The summed E-state index contributed by atoms with van der Waals surface area (Å²) in [7, 11) is 0. The van der Waals surface area contributed by atoms with Crippen LogP contribution in [0.2, 0.25) is 0 Å². The maximum Gasteiger partial charge on any atom is 0.0531 e. The van der Waals surface area contributed by atoms with Gasteiger partial charge in [-0.15, -0.1) is 0 Å². The summed E-state index contributed by atoms with van der Waals surface area (Å²) in [6, 6.07) is 7.01. The lowest BCUT2D eigenvalue weighted by molar-refractivity contribution is 0.332. The highest BCUT2D eigenvalue weighted by atomic mass is 15.1. The summed E-state index contributed by atoms with van der Waals surface area (Å²) in [5, 5.41) is 1.38. The zero-order valence-corrected chi connectivity index (χ0v) is 12.6. The van der Waals surface area contributed by atoms with Crippen molar-refractivity contribution in [3.8, 4) is 0 Å². The molecule has 0 radical (unpaired) electrons. The Morgan fingerprint density at radius 1 is 1.15 bits per heavy atom. The first-order valence-corrected chi connectivity index (χ1v) is 7.74. The molecule has 0 atom stereocenters. The highest BCUT2D eigenvalue weighted by Gasteiger charge is 2.17. The third-order valence-corrected chi connectivity index (χ3v) is 4.39. The number of rotatable bonds is 4. The molecule has 3 heteroatoms. The minimum Gasteiger partial charge on any atom is -0.344 e. The number of benzene rings is 1. The number of nitrogens with zero attached hydrogens (tertiary/aromatic N) is 2. The van der Waals surface area contributed by atoms with Crippen molar-refractivity contribution in [1.29, 1.82) is 0 Å². The molecule has 1 saturated heterocycles. The summed E-state index contributed by atoms with van der Waals surface area (Å²) in [4.78, 5) is 2.56. The van der Waals surface area contributed by atoms with Gasteiger partial charge in [0.05, 0.1) is 5.52 Å². The van der Waals surface area contributed by atoms with Gasteiger partial charge >= 0.3 is 0 Å². The molecule has 0 aliphatic carbocycles. The lowest BCUT2D eigenvalue weighted by Gasteiger charge is -2.13. The molecule has 0 bridgehead atoms. The fourth-order valence-electron chi connectivity index (χ4n) is 3.34. The van der Waals surface area contributed by atoms with Crippen molar-refractivity contribution in [2.45, 2.75) is 45.8 Å². The number of hydrogen-bond acceptors (Lipinski definition) is 2. The molecule has 1 fully saturated rings. The standard InChI is InChI=1S/C17H25N3/c1-13(2)20-12-15(11-19-8-3-4-9-19)16-7-5-6-14(10-18)17(16)20/h5-7,12-13H,3-4,8-11,18H2,1-2H3. The van der Waals surface area contributed by atoms with Crippen LogP contribution in [-0.4, -0.2) is 22.6 Å². The van der Waals surface area contributed by atoms with Crippen molar-refractivity contribution in [3.05, 3.63) is 35.5 Å². The largest absolute Gasteiger partial charge is 0.344 e. The Morgan fingerprint density at radius 2 is 1.90 bits per heavy atom. The first-order valence-electron chi connectivity index (χ1n) is 7.74. The average Bonchev–Trinajstić information content (AvgIpc) is 3.07. The predicted octanol–water partition coefficient (Wildman–Crippen LogP) is 3.28. The topological polar surface area (TPSA) is 34.2 Å². The van der Waals surface area contributed by atoms with E-state index in [2.05, 4.69) is 47.7 Å². The van der Waals surface area contributed by atoms with Crippen LogP contribution >= 0.6 is 0 Å². The van der Waals surface area contributed by atoms with Gasteiger partial charge in [-0.25, -0.2) is 0 Å². The van der Waals surface area contributed by atoms with Gasteiger partial charge in [0.1, 0.15) is 0 Å². The van der Waals surface area contributed by atoms with E-state index in [4.69, 9.17) is 5.73 Å². The molecular formula is C17H25N3. The monoisotopic (exact) mass is 271 g/mol. The van der Waals surface area contributed by atoms with Crippen molar-refractivity contribution >= 4 is 10.9 Å². The van der Waals surface area contributed by atoms with E-state index in [1.807, 2.05) is 0 Å². The van der Waals surface area contributed by atoms with Gasteiger partial charge in [-0.1, -0.05) is 18.2 Å². The molecule has 1 aromatic heterocycles. The zero-order valence-electron chi connectivity index (χ0n) is 12.6. The lowest BCUT2D eigenvalue weighted by Crippen LogP contribution is -2.18. The van der Waals surface area contributed by atoms with Gasteiger partial charge in [-0.3, -0.25) is 4.90 Å². The van der Waals surface area contributed by atoms with Crippen molar-refractivity contribution in [1.82, 2.24) is 9.47 Å². The van der Waals surface area contributed by atoms with Gasteiger partial charge in [0.2, 0.25) is 0 Å². The van der Waals surface area contributed by atoms with Crippen LogP contribution in [0.1, 0.15) is 43.9 Å². The Bertz CT molecular complexity index is 592. The number of nitrogens with two attached hydrogens (primary N) is 1. The number of hydrogen-bond donors (Lipinski definition) is 1. The number of fused-ring (bicyclic) bond motifs is 1. The zero-order chi connectivity index (χ0) is 14.1. The molecule has 1 aromatic carbocycles. The Kier molecular flexibility index (Phi) is 3.81. The fraction of sp³-hybridized carbons (Fsp3) is 0.529. The summed E-state index contributed by atoms with van der Waals surface area (Å²) in [5.41, 5.74) is 9.97. The molecule has 20 heavy (non-hydrogen) atoms. The second-order valence-electron chi connectivity index (χ2n) is 6.16. The molecule has 0 unspecified atom stereocenters. The van der Waals surface area contributed by atoms with Crippen LogP contribution in [0.5, 0.6) is 0 Å². The number of aromatic nitrogens is 1. The Hall–Kier alpha value is -1.32. The molecule has 2 heterocycles. The van der Waals surface area contributed by atoms with Crippen LogP contribution in [0.3, 0.4) is 0 Å². The molecule has 3 nitrogen and oxygen atoms in total. The normalized spacial score (nSPS) is 16.6. The summed E-state index contributed by atoms with van der Waals surface area (Å²) in [5.74, 6) is 0. The lowest BCUT2D eigenvalue weighted by atomic mass is 10.1. The first kappa shape index (κ1) is 13.7. The van der Waals surface area contributed by atoms with Crippen molar-refractivity contribution in [2.24, 2.45) is 5.73 Å². The fourth-order valence-corrected chi connectivity index (χ4v) is 3.34. The molecule has 0 saturated carbocycles. The maximum atomic E-state index is 5.93. The summed E-state index contributed by atoms with van der Waals surface area (Å²) in [6.07, 6.45) is 5.03. The predicted molar refractivity (Wildman–Crippen MR) is 84.7 cm³/mol. The van der Waals surface area contributed by atoms with E-state index in [0.717, 1.165) is 6.54 Å². The van der Waals surface area contributed by atoms with Crippen LogP contribution in [0, 0.1) is 0 Å². The highest BCUT2D eigenvalue weighted by Crippen LogP contribution is 2.29. The summed E-state index contributed by atoms with van der Waals surface area (Å²) < 4.78 is 2.39.